The van der Waals surface area contributed by atoms with Crippen molar-refractivity contribution in [3.05, 3.63) is 46.9 Å². The Kier molecular flexibility index (Phi) is 5.14. The van der Waals surface area contributed by atoms with E-state index in [1.807, 2.05) is 6.92 Å². The van der Waals surface area contributed by atoms with Gasteiger partial charge in [0.25, 0.3) is 0 Å². The van der Waals surface area contributed by atoms with Gasteiger partial charge in [-0.1, -0.05) is 18.7 Å². The molecule has 4 nitrogen and oxygen atoms in total. The summed E-state index contributed by atoms with van der Waals surface area (Å²) in [6, 6.07) is 5.79. The van der Waals surface area contributed by atoms with Crippen molar-refractivity contribution in [1.82, 2.24) is 9.97 Å². The Labute approximate surface area is 165 Å². The van der Waals surface area contributed by atoms with Crippen LogP contribution in [0.3, 0.4) is 0 Å². The quantitative estimate of drug-likeness (QED) is 0.490. The fourth-order valence-corrected chi connectivity index (χ4v) is 5.70. The van der Waals surface area contributed by atoms with Gasteiger partial charge in [-0.3, -0.25) is 4.79 Å². The lowest BCUT2D eigenvalue weighted by Gasteiger charge is -2.18. The number of aromatic nitrogens is 2. The van der Waals surface area contributed by atoms with E-state index in [1.165, 1.54) is 40.8 Å². The summed E-state index contributed by atoms with van der Waals surface area (Å²) in [5.41, 5.74) is 1.95. The first kappa shape index (κ1) is 18.4. The summed E-state index contributed by atoms with van der Waals surface area (Å²) in [5, 5.41) is 4.49. The van der Waals surface area contributed by atoms with E-state index in [0.29, 0.717) is 11.6 Å². The maximum Gasteiger partial charge on any atom is 0.237 e. The number of nitrogens with one attached hydrogen (secondary N) is 1. The van der Waals surface area contributed by atoms with Crippen LogP contribution in [0.2, 0.25) is 0 Å². The van der Waals surface area contributed by atoms with E-state index in [4.69, 9.17) is 0 Å². The third kappa shape index (κ3) is 3.84. The van der Waals surface area contributed by atoms with E-state index in [-0.39, 0.29) is 17.0 Å². The van der Waals surface area contributed by atoms with Crippen LogP contribution in [0.25, 0.3) is 10.2 Å². The molecule has 140 valence electrons. The van der Waals surface area contributed by atoms with Crippen molar-refractivity contribution in [3.8, 4) is 0 Å². The molecule has 0 radical (unpaired) electrons. The van der Waals surface area contributed by atoms with Crippen LogP contribution in [0, 0.1) is 11.7 Å². The molecule has 3 aromatic rings. The standard InChI is InChI=1S/C20H20FN3OS2/c1-11-3-8-15-16(9-11)27-20-17(15)19(22-10-23-20)26-12(2)18(25)24-14-6-4-13(21)5-7-14/h4-7,10-12H,3,8-9H2,1-2H3,(H,24,25)/t11-,12+/m0/s1. The highest BCUT2D eigenvalue weighted by molar-refractivity contribution is 8.00. The maximum absolute atomic E-state index is 13.0. The number of anilines is 1. The molecule has 0 fully saturated rings. The fourth-order valence-electron chi connectivity index (χ4n) is 3.33. The van der Waals surface area contributed by atoms with Crippen LogP contribution < -0.4 is 5.32 Å². The average Bonchev–Trinajstić information content (AvgIpc) is 3.01. The summed E-state index contributed by atoms with van der Waals surface area (Å²) in [7, 11) is 0. The molecule has 1 aliphatic carbocycles. The molecule has 0 spiro atoms. The van der Waals surface area contributed by atoms with E-state index >= 15 is 0 Å². The summed E-state index contributed by atoms with van der Waals surface area (Å²) in [5.74, 6) is 0.251. The average molecular weight is 402 g/mol. The number of rotatable bonds is 4. The number of carbonyl (C=O) groups excluding carboxylic acids is 1. The van der Waals surface area contributed by atoms with Crippen LogP contribution in [0.15, 0.2) is 35.6 Å². The molecular formula is C20H20FN3OS2. The zero-order valence-corrected chi connectivity index (χ0v) is 16.8. The van der Waals surface area contributed by atoms with Gasteiger partial charge in [0.05, 0.1) is 5.25 Å². The number of fused-ring (bicyclic) bond motifs is 3. The summed E-state index contributed by atoms with van der Waals surface area (Å²) in [6.45, 7) is 4.15. The number of nitrogens with zero attached hydrogens (tertiary/aromatic N) is 2. The first-order chi connectivity index (χ1) is 13.0. The van der Waals surface area contributed by atoms with E-state index < -0.39 is 0 Å². The Morgan fingerprint density at radius 1 is 1.33 bits per heavy atom. The third-order valence-electron chi connectivity index (χ3n) is 4.83. The molecule has 4 rings (SSSR count). The minimum absolute atomic E-state index is 0.129. The van der Waals surface area contributed by atoms with Crippen LogP contribution >= 0.6 is 23.1 Å². The van der Waals surface area contributed by atoms with Crippen molar-refractivity contribution in [2.45, 2.75) is 43.4 Å². The molecule has 2 heterocycles. The largest absolute Gasteiger partial charge is 0.325 e. The van der Waals surface area contributed by atoms with Crippen LogP contribution in [0.1, 0.15) is 30.7 Å². The van der Waals surface area contributed by atoms with Crippen molar-refractivity contribution in [3.63, 3.8) is 0 Å². The summed E-state index contributed by atoms with van der Waals surface area (Å²) in [4.78, 5) is 23.9. The van der Waals surface area contributed by atoms with Crippen molar-refractivity contribution < 1.29 is 9.18 Å². The first-order valence-electron chi connectivity index (χ1n) is 8.99. The molecular weight excluding hydrogens is 381 g/mol. The number of hydrogen-bond acceptors (Lipinski definition) is 5. The molecule has 0 saturated heterocycles. The van der Waals surface area contributed by atoms with Gasteiger partial charge in [-0.2, -0.15) is 0 Å². The normalized spacial score (nSPS) is 17.5. The maximum atomic E-state index is 13.0. The highest BCUT2D eigenvalue weighted by atomic mass is 32.2. The highest BCUT2D eigenvalue weighted by Crippen LogP contribution is 2.41. The summed E-state index contributed by atoms with van der Waals surface area (Å²) < 4.78 is 13.0. The van der Waals surface area contributed by atoms with Crippen LogP contribution in [-0.2, 0) is 17.6 Å². The number of thiophene rings is 1. The predicted molar refractivity (Wildman–Crippen MR) is 109 cm³/mol. The molecule has 1 aromatic carbocycles. The lowest BCUT2D eigenvalue weighted by atomic mass is 9.89. The van der Waals surface area contributed by atoms with Gasteiger partial charge in [-0.15, -0.1) is 11.3 Å². The molecule has 0 aliphatic heterocycles. The van der Waals surface area contributed by atoms with E-state index in [1.54, 1.807) is 29.8 Å². The minimum Gasteiger partial charge on any atom is -0.325 e. The van der Waals surface area contributed by atoms with Crippen molar-refractivity contribution in [2.24, 2.45) is 5.92 Å². The van der Waals surface area contributed by atoms with E-state index in [0.717, 1.165) is 28.1 Å². The molecule has 27 heavy (non-hydrogen) atoms. The van der Waals surface area contributed by atoms with Crippen molar-refractivity contribution in [2.75, 3.05) is 5.32 Å². The Bertz CT molecular complexity index is 987. The number of carbonyl (C=O) groups is 1. The Morgan fingerprint density at radius 3 is 2.89 bits per heavy atom. The van der Waals surface area contributed by atoms with E-state index in [2.05, 4.69) is 22.2 Å². The zero-order chi connectivity index (χ0) is 19.0. The smallest absolute Gasteiger partial charge is 0.237 e. The van der Waals surface area contributed by atoms with Gasteiger partial charge >= 0.3 is 0 Å². The lowest BCUT2D eigenvalue weighted by molar-refractivity contribution is -0.115. The van der Waals surface area contributed by atoms with Gasteiger partial charge in [0, 0.05) is 16.0 Å². The number of hydrogen-bond donors (Lipinski definition) is 1. The Morgan fingerprint density at radius 2 is 2.11 bits per heavy atom. The molecule has 1 N–H and O–H groups in total. The third-order valence-corrected chi connectivity index (χ3v) is 7.09. The van der Waals surface area contributed by atoms with Gasteiger partial charge in [-0.25, -0.2) is 14.4 Å². The van der Waals surface area contributed by atoms with Crippen LogP contribution in [-0.4, -0.2) is 21.1 Å². The van der Waals surface area contributed by atoms with Crippen LogP contribution in [0.5, 0.6) is 0 Å². The second-order valence-corrected chi connectivity index (χ2v) is 9.38. The molecule has 7 heteroatoms. The molecule has 2 aromatic heterocycles. The zero-order valence-electron chi connectivity index (χ0n) is 15.2. The van der Waals surface area contributed by atoms with Crippen molar-refractivity contribution >= 4 is 44.9 Å². The first-order valence-corrected chi connectivity index (χ1v) is 10.7. The van der Waals surface area contributed by atoms with E-state index in [9.17, 15) is 9.18 Å². The van der Waals surface area contributed by atoms with Gasteiger partial charge in [0.15, 0.2) is 0 Å². The predicted octanol–water partition coefficient (Wildman–Crippen LogP) is 5.07. The second-order valence-electron chi connectivity index (χ2n) is 6.97. The molecule has 0 saturated carbocycles. The second kappa shape index (κ2) is 7.56. The van der Waals surface area contributed by atoms with Crippen molar-refractivity contribution in [1.29, 1.82) is 0 Å². The number of thioether (sulfide) groups is 1. The Balaban J connectivity index is 1.56. The summed E-state index contributed by atoms with van der Waals surface area (Å²) >= 11 is 3.21. The summed E-state index contributed by atoms with van der Waals surface area (Å²) in [6.07, 6.45) is 4.91. The Hall–Kier alpha value is -1.99. The fraction of sp³-hybridized carbons (Fsp3) is 0.350. The molecule has 1 amide bonds. The SMILES string of the molecule is C[C@H]1CCc2c(sc3ncnc(S[C@H](C)C(=O)Nc4ccc(F)cc4)c23)C1. The monoisotopic (exact) mass is 401 g/mol. The van der Waals surface area contributed by atoms with Gasteiger partial charge < -0.3 is 5.32 Å². The van der Waals surface area contributed by atoms with Gasteiger partial charge in [0.2, 0.25) is 5.91 Å². The molecule has 0 unspecified atom stereocenters. The number of amides is 1. The number of halogens is 1. The van der Waals surface area contributed by atoms with Crippen LogP contribution in [0.4, 0.5) is 10.1 Å². The topological polar surface area (TPSA) is 54.9 Å². The van der Waals surface area contributed by atoms with Gasteiger partial charge in [0.1, 0.15) is 22.0 Å². The number of aryl methyl sites for hydroxylation is 1. The van der Waals surface area contributed by atoms with Gasteiger partial charge in [-0.05, 0) is 61.9 Å². The minimum atomic E-state index is -0.328. The molecule has 2 atom stereocenters. The lowest BCUT2D eigenvalue weighted by Crippen LogP contribution is -2.22. The molecule has 1 aliphatic rings. The number of benzene rings is 1. The molecule has 0 bridgehead atoms. The highest BCUT2D eigenvalue weighted by Gasteiger charge is 2.25.